The van der Waals surface area contributed by atoms with Gasteiger partial charge in [-0.1, -0.05) is 72.8 Å². The maximum absolute atomic E-state index is 14.1. The van der Waals surface area contributed by atoms with Gasteiger partial charge in [-0.2, -0.15) is 0 Å². The van der Waals surface area contributed by atoms with Gasteiger partial charge in [-0.05, 0) is 89.1 Å². The van der Waals surface area contributed by atoms with E-state index >= 15 is 0 Å². The Bertz CT molecular complexity index is 1790. The zero-order chi connectivity index (χ0) is 37.2. The van der Waals surface area contributed by atoms with Gasteiger partial charge in [0, 0.05) is 6.54 Å². The number of esters is 1. The number of oxazole rings is 1. The molecule has 0 aliphatic carbocycles. The Morgan fingerprint density at radius 3 is 2.20 bits per heavy atom. The predicted octanol–water partition coefficient (Wildman–Crippen LogP) is 7.25. The molecular weight excluding hydrogens is 652 g/mol. The predicted molar refractivity (Wildman–Crippen MR) is 192 cm³/mol. The zero-order valence-electron chi connectivity index (χ0n) is 30.1. The van der Waals surface area contributed by atoms with E-state index in [1.807, 2.05) is 72.8 Å². The van der Waals surface area contributed by atoms with Crippen LogP contribution in [0.15, 0.2) is 83.5 Å². The fraction of sp³-hybridized carbons (Fsp3) is 0.410. The number of aromatic nitrogens is 1. The molecule has 1 aromatic heterocycles. The van der Waals surface area contributed by atoms with Crippen LogP contribution in [0, 0.1) is 0 Å². The van der Waals surface area contributed by atoms with Crippen LogP contribution in [-0.2, 0) is 32.0 Å². The summed E-state index contributed by atoms with van der Waals surface area (Å²) in [6, 6.07) is 20.9. The number of fused-ring (bicyclic) bond motifs is 1. The highest BCUT2D eigenvalue weighted by atomic mass is 16.6. The molecule has 1 heterocycles. The van der Waals surface area contributed by atoms with E-state index in [0.717, 1.165) is 33.1 Å². The number of imide groups is 1. The van der Waals surface area contributed by atoms with Gasteiger partial charge in [0.15, 0.2) is 5.69 Å². The number of hydrogen-bond acceptors (Lipinski definition) is 10. The van der Waals surface area contributed by atoms with E-state index in [2.05, 4.69) is 10.3 Å². The normalized spacial score (nSPS) is 12.8. The molecule has 0 aliphatic rings. The maximum Gasteiger partial charge on any atom is 0.417 e. The van der Waals surface area contributed by atoms with Crippen molar-refractivity contribution in [1.29, 1.82) is 0 Å². The van der Waals surface area contributed by atoms with Crippen molar-refractivity contribution in [3.05, 3.63) is 102 Å². The Morgan fingerprint density at radius 2 is 1.51 bits per heavy atom. The number of amides is 3. The van der Waals surface area contributed by atoms with Crippen LogP contribution < -0.4 is 11.1 Å². The topological polar surface area (TPSA) is 163 Å². The van der Waals surface area contributed by atoms with Gasteiger partial charge in [0.25, 0.3) is 0 Å². The molecule has 0 aliphatic heterocycles. The molecular formula is C39H48N4O8. The van der Waals surface area contributed by atoms with E-state index in [1.54, 1.807) is 41.5 Å². The van der Waals surface area contributed by atoms with Crippen molar-refractivity contribution in [2.24, 2.45) is 5.73 Å². The first-order valence-corrected chi connectivity index (χ1v) is 17.0. The smallest absolute Gasteiger partial charge is 0.417 e. The van der Waals surface area contributed by atoms with E-state index in [9.17, 15) is 19.2 Å². The summed E-state index contributed by atoms with van der Waals surface area (Å²) in [6.45, 7) is 10.5. The first-order chi connectivity index (χ1) is 24.1. The molecule has 3 aromatic carbocycles. The summed E-state index contributed by atoms with van der Waals surface area (Å²) >= 11 is 0. The maximum atomic E-state index is 14.1. The van der Waals surface area contributed by atoms with Gasteiger partial charge in [-0.3, -0.25) is 4.79 Å². The molecule has 4 rings (SSSR count). The van der Waals surface area contributed by atoms with E-state index in [4.69, 9.17) is 24.4 Å². The second-order valence-corrected chi connectivity index (χ2v) is 14.2. The number of nitrogens with zero attached hydrogens (tertiary/aromatic N) is 2. The number of nitrogens with two attached hydrogens (primary N) is 1. The standard InChI is InChI=1S/C39H48N4O8/c1-38(2,3)50-36(46)41-22-12-17-30(40)34(44)43(37(47)51-39(4,5)6)32(21-19-26-18-20-28-15-10-11-16-29(28)23-26)33-42-31(25-48-33)35(45)49-24-27-13-8-7-9-14-27/h7-11,13-16,18,20,23,25,30,32H,12,17,19,21-22,24,40H2,1-6H3,(H,41,46)/t30-,32-/m1/s1. The number of alkyl carbamates (subject to hydrolysis) is 1. The number of carbonyl (C=O) groups is 4. The third kappa shape index (κ3) is 12.0. The molecule has 0 bridgehead atoms. The third-order valence-corrected chi connectivity index (χ3v) is 7.57. The van der Waals surface area contributed by atoms with Crippen LogP contribution in [0.25, 0.3) is 10.8 Å². The van der Waals surface area contributed by atoms with Gasteiger partial charge in [-0.25, -0.2) is 24.3 Å². The molecule has 4 aromatic rings. The second-order valence-electron chi connectivity index (χ2n) is 14.2. The molecule has 272 valence electrons. The molecule has 2 atom stereocenters. The van der Waals surface area contributed by atoms with Crippen molar-refractivity contribution in [1.82, 2.24) is 15.2 Å². The number of aryl methyl sites for hydroxylation is 1. The first-order valence-electron chi connectivity index (χ1n) is 17.0. The number of hydrogen-bond donors (Lipinski definition) is 2. The average molecular weight is 701 g/mol. The van der Waals surface area contributed by atoms with Gasteiger partial charge < -0.3 is 29.7 Å². The van der Waals surface area contributed by atoms with Gasteiger partial charge in [0.05, 0.1) is 6.04 Å². The minimum absolute atomic E-state index is 0.0212. The van der Waals surface area contributed by atoms with Crippen LogP contribution in [0.4, 0.5) is 9.59 Å². The summed E-state index contributed by atoms with van der Waals surface area (Å²) in [4.78, 5) is 58.4. The minimum Gasteiger partial charge on any atom is -0.456 e. The lowest BCUT2D eigenvalue weighted by atomic mass is 10.00. The van der Waals surface area contributed by atoms with E-state index in [-0.39, 0.29) is 37.6 Å². The molecule has 0 spiro atoms. The number of ether oxygens (including phenoxy) is 3. The average Bonchev–Trinajstić information content (AvgIpc) is 3.56. The largest absolute Gasteiger partial charge is 0.456 e. The van der Waals surface area contributed by atoms with Crippen molar-refractivity contribution in [2.75, 3.05) is 6.54 Å². The Morgan fingerprint density at radius 1 is 0.843 bits per heavy atom. The van der Waals surface area contributed by atoms with Crippen LogP contribution >= 0.6 is 0 Å². The molecule has 51 heavy (non-hydrogen) atoms. The highest BCUT2D eigenvalue weighted by Gasteiger charge is 2.39. The highest BCUT2D eigenvalue weighted by molar-refractivity contribution is 5.95. The number of nitrogens with one attached hydrogen (secondary N) is 1. The monoisotopic (exact) mass is 700 g/mol. The van der Waals surface area contributed by atoms with Crippen LogP contribution in [0.5, 0.6) is 0 Å². The van der Waals surface area contributed by atoms with Gasteiger partial charge >= 0.3 is 18.2 Å². The Balaban J connectivity index is 1.60. The molecule has 12 nitrogen and oxygen atoms in total. The molecule has 12 heteroatoms. The molecule has 3 N–H and O–H groups in total. The molecule has 0 unspecified atom stereocenters. The van der Waals surface area contributed by atoms with E-state index < -0.39 is 47.3 Å². The summed E-state index contributed by atoms with van der Waals surface area (Å²) in [5, 5.41) is 4.75. The molecule has 0 saturated heterocycles. The van der Waals surface area contributed by atoms with Crippen LogP contribution in [0.3, 0.4) is 0 Å². The number of rotatable bonds is 13. The lowest BCUT2D eigenvalue weighted by Gasteiger charge is -2.32. The van der Waals surface area contributed by atoms with Gasteiger partial charge in [0.2, 0.25) is 11.8 Å². The number of carbonyl (C=O) groups excluding carboxylic acids is 4. The molecule has 0 saturated carbocycles. The molecule has 3 amide bonds. The summed E-state index contributed by atoms with van der Waals surface area (Å²) < 4.78 is 22.2. The summed E-state index contributed by atoms with van der Waals surface area (Å²) in [7, 11) is 0. The fourth-order valence-electron chi connectivity index (χ4n) is 5.20. The van der Waals surface area contributed by atoms with Gasteiger partial charge in [0.1, 0.15) is 30.1 Å². The Kier molecular flexibility index (Phi) is 13.0. The van der Waals surface area contributed by atoms with E-state index in [0.29, 0.717) is 12.8 Å². The first kappa shape index (κ1) is 38.6. The lowest BCUT2D eigenvalue weighted by Crippen LogP contribution is -2.50. The van der Waals surface area contributed by atoms with E-state index in [1.165, 1.54) is 0 Å². The second kappa shape index (κ2) is 17.1. The SMILES string of the molecule is CC(C)(C)OC(=O)NCCC[C@@H](N)C(=O)N(C(=O)OC(C)(C)C)[C@H](CCc1ccc2ccccc2c1)c1nc(C(=O)OCc2ccccc2)co1. The Labute approximate surface area is 298 Å². The van der Waals surface area contributed by atoms with Crippen molar-refractivity contribution in [3.8, 4) is 0 Å². The zero-order valence-corrected chi connectivity index (χ0v) is 30.1. The summed E-state index contributed by atoms with van der Waals surface area (Å²) in [5.41, 5.74) is 6.40. The van der Waals surface area contributed by atoms with Crippen LogP contribution in [-0.4, -0.2) is 57.7 Å². The number of benzene rings is 3. The molecule has 0 radical (unpaired) electrons. The molecule has 0 fully saturated rings. The van der Waals surface area contributed by atoms with Crippen molar-refractivity contribution in [3.63, 3.8) is 0 Å². The lowest BCUT2D eigenvalue weighted by molar-refractivity contribution is -0.134. The van der Waals surface area contributed by atoms with Gasteiger partial charge in [-0.15, -0.1) is 0 Å². The van der Waals surface area contributed by atoms with Crippen LogP contribution in [0.2, 0.25) is 0 Å². The minimum atomic E-state index is -1.15. The van der Waals surface area contributed by atoms with Crippen molar-refractivity contribution < 1.29 is 37.8 Å². The third-order valence-electron chi connectivity index (χ3n) is 7.57. The fourth-order valence-corrected chi connectivity index (χ4v) is 5.20. The quantitative estimate of drug-likeness (QED) is 0.0825. The highest BCUT2D eigenvalue weighted by Crippen LogP contribution is 2.30. The Hall–Kier alpha value is -5.23. The summed E-state index contributed by atoms with van der Waals surface area (Å²) in [5.74, 6) is -1.51. The van der Waals surface area contributed by atoms with Crippen molar-refractivity contribution >= 4 is 34.8 Å². The van der Waals surface area contributed by atoms with Crippen LogP contribution in [0.1, 0.15) is 94.4 Å². The summed E-state index contributed by atoms with van der Waals surface area (Å²) in [6.07, 6.45) is 0.660. The van der Waals surface area contributed by atoms with Crippen molar-refractivity contribution in [2.45, 2.75) is 97.1 Å².